The molecule has 0 heterocycles. The van der Waals surface area contributed by atoms with Crippen LogP contribution in [0.5, 0.6) is 5.75 Å². The van der Waals surface area contributed by atoms with Crippen molar-refractivity contribution in [3.05, 3.63) is 29.3 Å². The van der Waals surface area contributed by atoms with Crippen LogP contribution in [0.3, 0.4) is 0 Å². The molecule has 18 heavy (non-hydrogen) atoms. The summed E-state index contributed by atoms with van der Waals surface area (Å²) in [6, 6.07) is 5.36. The van der Waals surface area contributed by atoms with Crippen molar-refractivity contribution in [1.29, 1.82) is 0 Å². The molecule has 0 aliphatic heterocycles. The molecule has 4 heteroatoms. The van der Waals surface area contributed by atoms with Gasteiger partial charge in [0.15, 0.2) is 0 Å². The van der Waals surface area contributed by atoms with E-state index in [4.69, 9.17) is 9.84 Å². The first-order chi connectivity index (χ1) is 8.45. The zero-order chi connectivity index (χ0) is 13.7. The Kier molecular flexibility index (Phi) is 5.16. The van der Waals surface area contributed by atoms with Gasteiger partial charge in [-0.05, 0) is 37.1 Å². The number of hydrogen-bond acceptors (Lipinski definition) is 3. The molecule has 0 saturated carbocycles. The molecule has 1 aromatic carbocycles. The molecule has 0 spiro atoms. The molecular formula is C14H21NO3. The molecule has 1 rings (SSSR count). The summed E-state index contributed by atoms with van der Waals surface area (Å²) in [4.78, 5) is 10.9. The number of nitrogens with one attached hydrogen (secondary N) is 1. The van der Waals surface area contributed by atoms with Gasteiger partial charge in [-0.25, -0.2) is 0 Å². The number of aliphatic carboxylic acids is 1. The maximum Gasteiger partial charge on any atom is 0.324 e. The Morgan fingerprint density at radius 1 is 1.44 bits per heavy atom. The Labute approximate surface area is 108 Å². The molecule has 0 bridgehead atoms. The topological polar surface area (TPSA) is 58.6 Å². The molecule has 0 radical (unpaired) electrons. The lowest BCUT2D eigenvalue weighted by atomic mass is 10.0. The van der Waals surface area contributed by atoms with Crippen LogP contribution in [0.2, 0.25) is 0 Å². The predicted octanol–water partition coefficient (Wildman–Crippen LogP) is 2.17. The summed E-state index contributed by atoms with van der Waals surface area (Å²) in [5, 5.41) is 11.6. The fourth-order valence-electron chi connectivity index (χ4n) is 1.58. The number of rotatable bonds is 6. The standard InChI is InChI=1S/C14H21NO3/c1-9(2)11-6-5-10(3)13(7-11)18-8-12(15-4)14(16)17/h5-7,9,12,15H,8H2,1-4H3,(H,16,17). The smallest absolute Gasteiger partial charge is 0.324 e. The molecule has 1 aromatic rings. The van der Waals surface area contributed by atoms with E-state index in [1.807, 2.05) is 19.1 Å². The third-order valence-electron chi connectivity index (χ3n) is 2.93. The van der Waals surface area contributed by atoms with E-state index in [1.165, 1.54) is 5.56 Å². The largest absolute Gasteiger partial charge is 0.491 e. The van der Waals surface area contributed by atoms with Crippen LogP contribution in [-0.4, -0.2) is 30.8 Å². The Bertz CT molecular complexity index is 416. The van der Waals surface area contributed by atoms with Crippen molar-refractivity contribution in [2.75, 3.05) is 13.7 Å². The highest BCUT2D eigenvalue weighted by Gasteiger charge is 2.16. The zero-order valence-electron chi connectivity index (χ0n) is 11.4. The number of carbonyl (C=O) groups is 1. The lowest BCUT2D eigenvalue weighted by Gasteiger charge is -2.16. The van der Waals surface area contributed by atoms with Gasteiger partial charge in [0.1, 0.15) is 18.4 Å². The number of aryl methyl sites for hydroxylation is 1. The van der Waals surface area contributed by atoms with Gasteiger partial charge >= 0.3 is 5.97 Å². The van der Waals surface area contributed by atoms with Crippen LogP contribution >= 0.6 is 0 Å². The van der Waals surface area contributed by atoms with Gasteiger partial charge < -0.3 is 15.2 Å². The maximum atomic E-state index is 10.9. The summed E-state index contributed by atoms with van der Waals surface area (Å²) in [6.07, 6.45) is 0. The number of ether oxygens (including phenoxy) is 1. The maximum absolute atomic E-state index is 10.9. The second-order valence-corrected chi connectivity index (χ2v) is 4.67. The molecule has 0 aliphatic rings. The van der Waals surface area contributed by atoms with E-state index in [9.17, 15) is 4.79 Å². The lowest BCUT2D eigenvalue weighted by molar-refractivity contribution is -0.140. The van der Waals surface area contributed by atoms with Crippen LogP contribution in [0.4, 0.5) is 0 Å². The Balaban J connectivity index is 2.77. The van der Waals surface area contributed by atoms with Gasteiger partial charge in [-0.3, -0.25) is 4.79 Å². The normalized spacial score (nSPS) is 12.5. The minimum atomic E-state index is -0.907. The van der Waals surface area contributed by atoms with Gasteiger partial charge in [0, 0.05) is 0 Å². The minimum absolute atomic E-state index is 0.119. The second kappa shape index (κ2) is 6.40. The van der Waals surface area contributed by atoms with Crippen molar-refractivity contribution in [3.63, 3.8) is 0 Å². The molecule has 100 valence electrons. The van der Waals surface area contributed by atoms with Gasteiger partial charge in [0.05, 0.1) is 0 Å². The van der Waals surface area contributed by atoms with Crippen LogP contribution in [-0.2, 0) is 4.79 Å². The van der Waals surface area contributed by atoms with E-state index < -0.39 is 12.0 Å². The number of likely N-dealkylation sites (N-methyl/N-ethyl adjacent to an activating group) is 1. The molecule has 1 atom stereocenters. The highest BCUT2D eigenvalue weighted by molar-refractivity contribution is 5.73. The molecule has 1 unspecified atom stereocenters. The first kappa shape index (κ1) is 14.5. The minimum Gasteiger partial charge on any atom is -0.491 e. The van der Waals surface area contributed by atoms with Crippen molar-refractivity contribution in [1.82, 2.24) is 5.32 Å². The van der Waals surface area contributed by atoms with Gasteiger partial charge in [-0.1, -0.05) is 26.0 Å². The summed E-state index contributed by atoms with van der Waals surface area (Å²) in [6.45, 7) is 6.30. The molecule has 0 saturated heterocycles. The number of carboxylic acid groups (broad SMARTS) is 1. The van der Waals surface area contributed by atoms with E-state index in [0.717, 1.165) is 11.3 Å². The quantitative estimate of drug-likeness (QED) is 0.813. The number of carboxylic acids is 1. The molecule has 4 nitrogen and oxygen atoms in total. The highest BCUT2D eigenvalue weighted by Crippen LogP contribution is 2.24. The summed E-state index contributed by atoms with van der Waals surface area (Å²) >= 11 is 0. The zero-order valence-corrected chi connectivity index (χ0v) is 11.4. The van der Waals surface area contributed by atoms with Crippen molar-refractivity contribution >= 4 is 5.97 Å². The third-order valence-corrected chi connectivity index (χ3v) is 2.93. The van der Waals surface area contributed by atoms with E-state index in [1.54, 1.807) is 7.05 Å². The summed E-state index contributed by atoms with van der Waals surface area (Å²) < 4.78 is 5.60. The average Bonchev–Trinajstić information content (AvgIpc) is 2.31. The molecule has 2 N–H and O–H groups in total. The monoisotopic (exact) mass is 251 g/mol. The highest BCUT2D eigenvalue weighted by atomic mass is 16.5. The molecule has 0 aromatic heterocycles. The molecule has 0 fully saturated rings. The van der Waals surface area contributed by atoms with E-state index >= 15 is 0 Å². The van der Waals surface area contributed by atoms with Crippen LogP contribution in [0, 0.1) is 6.92 Å². The van der Waals surface area contributed by atoms with Crippen molar-refractivity contribution in [2.24, 2.45) is 0 Å². The predicted molar refractivity (Wildman–Crippen MR) is 71.2 cm³/mol. The van der Waals surface area contributed by atoms with Crippen LogP contribution in [0.25, 0.3) is 0 Å². The third kappa shape index (κ3) is 3.74. The molecule has 0 aliphatic carbocycles. The lowest BCUT2D eigenvalue weighted by Crippen LogP contribution is -2.39. The van der Waals surface area contributed by atoms with Crippen LogP contribution in [0.1, 0.15) is 30.9 Å². The fourth-order valence-corrected chi connectivity index (χ4v) is 1.58. The second-order valence-electron chi connectivity index (χ2n) is 4.67. The van der Waals surface area contributed by atoms with Gasteiger partial charge in [0.2, 0.25) is 0 Å². The van der Waals surface area contributed by atoms with Crippen LogP contribution < -0.4 is 10.1 Å². The van der Waals surface area contributed by atoms with E-state index in [0.29, 0.717) is 5.92 Å². The SMILES string of the molecule is CNC(COc1cc(C(C)C)ccc1C)C(=O)O. The van der Waals surface area contributed by atoms with Crippen LogP contribution in [0.15, 0.2) is 18.2 Å². The van der Waals surface area contributed by atoms with E-state index in [-0.39, 0.29) is 6.61 Å². The van der Waals surface area contributed by atoms with Crippen molar-refractivity contribution in [3.8, 4) is 5.75 Å². The van der Waals surface area contributed by atoms with Gasteiger partial charge in [-0.15, -0.1) is 0 Å². The Morgan fingerprint density at radius 2 is 2.11 bits per heavy atom. The fraction of sp³-hybridized carbons (Fsp3) is 0.500. The Morgan fingerprint density at radius 3 is 2.61 bits per heavy atom. The van der Waals surface area contributed by atoms with Gasteiger partial charge in [0.25, 0.3) is 0 Å². The number of hydrogen-bond donors (Lipinski definition) is 2. The first-order valence-electron chi connectivity index (χ1n) is 6.09. The van der Waals surface area contributed by atoms with Gasteiger partial charge in [-0.2, -0.15) is 0 Å². The van der Waals surface area contributed by atoms with E-state index in [2.05, 4.69) is 25.2 Å². The first-order valence-corrected chi connectivity index (χ1v) is 6.09. The molecular weight excluding hydrogens is 230 g/mol. The average molecular weight is 251 g/mol. The summed E-state index contributed by atoms with van der Waals surface area (Å²) in [7, 11) is 1.61. The Hall–Kier alpha value is -1.55. The summed E-state index contributed by atoms with van der Waals surface area (Å²) in [5.74, 6) is 0.269. The van der Waals surface area contributed by atoms with Crippen molar-refractivity contribution < 1.29 is 14.6 Å². The molecule has 0 amide bonds. The summed E-state index contributed by atoms with van der Waals surface area (Å²) in [5.41, 5.74) is 2.20. The number of benzene rings is 1. The van der Waals surface area contributed by atoms with Crippen molar-refractivity contribution in [2.45, 2.75) is 32.7 Å².